The monoisotopic (exact) mass is 326 g/mol. The van der Waals surface area contributed by atoms with Crippen LogP contribution in [0.4, 0.5) is 11.6 Å². The minimum absolute atomic E-state index is 0.0843. The Hall–Kier alpha value is -2.47. The van der Waals surface area contributed by atoms with Gasteiger partial charge in [-0.05, 0) is 29.7 Å². The summed E-state index contributed by atoms with van der Waals surface area (Å²) in [4.78, 5) is 22.8. The van der Waals surface area contributed by atoms with E-state index in [1.165, 1.54) is 5.56 Å². The Bertz CT molecular complexity index is 694. The Kier molecular flexibility index (Phi) is 5.05. The van der Waals surface area contributed by atoms with Gasteiger partial charge in [0.15, 0.2) is 0 Å². The lowest BCUT2D eigenvalue weighted by Crippen LogP contribution is -2.41. The standard InChI is InChI=1S/C18H22N4O2/c1-13(2)14-3-5-15(6-4-14)20-18-19-8-7-16(21-18)17(23)22-9-11-24-12-10-22/h3-8,13H,9-12H2,1-2H3,(H,19,20,21). The zero-order chi connectivity index (χ0) is 16.9. The molecule has 2 aromatic rings. The molecule has 1 N–H and O–H groups in total. The third-order valence-corrected chi connectivity index (χ3v) is 4.01. The molecule has 0 spiro atoms. The minimum Gasteiger partial charge on any atom is -0.378 e. The number of morpholine rings is 1. The van der Waals surface area contributed by atoms with Crippen molar-refractivity contribution in [3.8, 4) is 0 Å². The zero-order valence-electron chi connectivity index (χ0n) is 14.0. The van der Waals surface area contributed by atoms with Crippen molar-refractivity contribution in [2.45, 2.75) is 19.8 Å². The van der Waals surface area contributed by atoms with Crippen LogP contribution in [-0.4, -0.2) is 47.1 Å². The SMILES string of the molecule is CC(C)c1ccc(Nc2nccc(C(=O)N3CCOCC3)n2)cc1. The number of hydrogen-bond acceptors (Lipinski definition) is 5. The largest absolute Gasteiger partial charge is 0.378 e. The number of amides is 1. The van der Waals surface area contributed by atoms with Crippen molar-refractivity contribution in [1.82, 2.24) is 14.9 Å². The van der Waals surface area contributed by atoms with Crippen LogP contribution < -0.4 is 5.32 Å². The molecule has 1 aromatic carbocycles. The maximum Gasteiger partial charge on any atom is 0.272 e. The van der Waals surface area contributed by atoms with Gasteiger partial charge in [0, 0.05) is 25.0 Å². The Labute approximate surface area is 141 Å². The second kappa shape index (κ2) is 7.40. The fraction of sp³-hybridized carbons (Fsp3) is 0.389. The average Bonchev–Trinajstić information content (AvgIpc) is 2.62. The van der Waals surface area contributed by atoms with E-state index in [9.17, 15) is 4.79 Å². The molecule has 0 bridgehead atoms. The highest BCUT2D eigenvalue weighted by atomic mass is 16.5. The summed E-state index contributed by atoms with van der Waals surface area (Å²) in [6.07, 6.45) is 1.60. The van der Waals surface area contributed by atoms with Crippen LogP contribution in [0, 0.1) is 0 Å². The fourth-order valence-corrected chi connectivity index (χ4v) is 2.55. The molecule has 24 heavy (non-hydrogen) atoms. The van der Waals surface area contributed by atoms with Gasteiger partial charge in [-0.3, -0.25) is 4.79 Å². The molecule has 1 aromatic heterocycles. The van der Waals surface area contributed by atoms with Gasteiger partial charge in [0.05, 0.1) is 13.2 Å². The molecule has 1 aliphatic heterocycles. The number of aromatic nitrogens is 2. The number of carbonyl (C=O) groups is 1. The van der Waals surface area contributed by atoms with Gasteiger partial charge in [-0.15, -0.1) is 0 Å². The maximum atomic E-state index is 12.5. The van der Waals surface area contributed by atoms with E-state index in [1.54, 1.807) is 17.2 Å². The van der Waals surface area contributed by atoms with Crippen molar-refractivity contribution >= 4 is 17.5 Å². The molecule has 126 valence electrons. The van der Waals surface area contributed by atoms with Gasteiger partial charge in [0.1, 0.15) is 5.69 Å². The Morgan fingerprint density at radius 1 is 1.17 bits per heavy atom. The molecular formula is C18H22N4O2. The average molecular weight is 326 g/mol. The number of benzene rings is 1. The van der Waals surface area contributed by atoms with Crippen molar-refractivity contribution < 1.29 is 9.53 Å². The summed E-state index contributed by atoms with van der Waals surface area (Å²) in [5.41, 5.74) is 2.57. The van der Waals surface area contributed by atoms with Crippen molar-refractivity contribution in [3.05, 3.63) is 47.8 Å². The van der Waals surface area contributed by atoms with Gasteiger partial charge in [-0.25, -0.2) is 9.97 Å². The molecule has 0 saturated carbocycles. The third kappa shape index (κ3) is 3.89. The minimum atomic E-state index is -0.0843. The second-order valence-electron chi connectivity index (χ2n) is 6.07. The van der Waals surface area contributed by atoms with Crippen LogP contribution in [0.5, 0.6) is 0 Å². The zero-order valence-corrected chi connectivity index (χ0v) is 14.0. The van der Waals surface area contributed by atoms with Crippen LogP contribution in [0.25, 0.3) is 0 Å². The summed E-state index contributed by atoms with van der Waals surface area (Å²) in [6.45, 7) is 6.66. The molecule has 3 rings (SSSR count). The molecule has 6 nitrogen and oxygen atoms in total. The summed E-state index contributed by atoms with van der Waals surface area (Å²) in [7, 11) is 0. The Morgan fingerprint density at radius 2 is 1.88 bits per heavy atom. The van der Waals surface area contributed by atoms with Crippen LogP contribution in [0.15, 0.2) is 36.5 Å². The predicted octanol–water partition coefficient (Wildman–Crippen LogP) is 2.82. The van der Waals surface area contributed by atoms with Crippen LogP contribution in [0.1, 0.15) is 35.8 Å². The summed E-state index contributed by atoms with van der Waals surface area (Å²) in [6, 6.07) is 9.79. The van der Waals surface area contributed by atoms with Gasteiger partial charge in [-0.2, -0.15) is 0 Å². The van der Waals surface area contributed by atoms with E-state index < -0.39 is 0 Å². The number of hydrogen-bond donors (Lipinski definition) is 1. The number of ether oxygens (including phenoxy) is 1. The van der Waals surface area contributed by atoms with Crippen molar-refractivity contribution in [2.75, 3.05) is 31.6 Å². The van der Waals surface area contributed by atoms with E-state index in [4.69, 9.17) is 4.74 Å². The van der Waals surface area contributed by atoms with Gasteiger partial charge >= 0.3 is 0 Å². The quantitative estimate of drug-likeness (QED) is 0.936. The Balaban J connectivity index is 1.71. The molecule has 2 heterocycles. The number of carbonyl (C=O) groups excluding carboxylic acids is 1. The van der Waals surface area contributed by atoms with E-state index in [0.29, 0.717) is 43.9 Å². The predicted molar refractivity (Wildman–Crippen MR) is 92.6 cm³/mol. The highest BCUT2D eigenvalue weighted by molar-refractivity contribution is 5.92. The Morgan fingerprint density at radius 3 is 2.54 bits per heavy atom. The lowest BCUT2D eigenvalue weighted by molar-refractivity contribution is 0.0299. The highest BCUT2D eigenvalue weighted by Gasteiger charge is 2.20. The number of anilines is 2. The molecule has 0 atom stereocenters. The topological polar surface area (TPSA) is 67.4 Å². The van der Waals surface area contributed by atoms with E-state index in [1.807, 2.05) is 12.1 Å². The molecule has 0 radical (unpaired) electrons. The van der Waals surface area contributed by atoms with Crippen molar-refractivity contribution in [1.29, 1.82) is 0 Å². The second-order valence-corrected chi connectivity index (χ2v) is 6.07. The van der Waals surface area contributed by atoms with E-state index >= 15 is 0 Å². The van der Waals surface area contributed by atoms with Crippen molar-refractivity contribution in [2.24, 2.45) is 0 Å². The van der Waals surface area contributed by atoms with Crippen LogP contribution in [-0.2, 0) is 4.74 Å². The fourth-order valence-electron chi connectivity index (χ4n) is 2.55. The first-order valence-corrected chi connectivity index (χ1v) is 8.20. The molecule has 1 saturated heterocycles. The summed E-state index contributed by atoms with van der Waals surface area (Å²) in [5, 5.41) is 3.15. The molecule has 6 heteroatoms. The first-order chi connectivity index (χ1) is 11.6. The third-order valence-electron chi connectivity index (χ3n) is 4.01. The van der Waals surface area contributed by atoms with E-state index in [2.05, 4.69) is 41.3 Å². The molecule has 0 aliphatic carbocycles. The number of rotatable bonds is 4. The first kappa shape index (κ1) is 16.4. The van der Waals surface area contributed by atoms with Crippen molar-refractivity contribution in [3.63, 3.8) is 0 Å². The van der Waals surface area contributed by atoms with Gasteiger partial charge in [-0.1, -0.05) is 26.0 Å². The van der Waals surface area contributed by atoms with Crippen LogP contribution in [0.3, 0.4) is 0 Å². The summed E-state index contributed by atoms with van der Waals surface area (Å²) in [5.74, 6) is 0.829. The summed E-state index contributed by atoms with van der Waals surface area (Å²) >= 11 is 0. The van der Waals surface area contributed by atoms with Crippen LogP contribution in [0.2, 0.25) is 0 Å². The molecule has 1 fully saturated rings. The number of nitrogens with zero attached hydrogens (tertiary/aromatic N) is 3. The van der Waals surface area contributed by atoms with Gasteiger partial charge in [0.25, 0.3) is 5.91 Å². The van der Waals surface area contributed by atoms with Gasteiger partial charge in [0.2, 0.25) is 5.95 Å². The normalized spacial score (nSPS) is 14.7. The number of nitrogens with one attached hydrogen (secondary N) is 1. The lowest BCUT2D eigenvalue weighted by Gasteiger charge is -2.26. The van der Waals surface area contributed by atoms with Gasteiger partial charge < -0.3 is 15.0 Å². The molecule has 1 aliphatic rings. The summed E-state index contributed by atoms with van der Waals surface area (Å²) < 4.78 is 5.28. The first-order valence-electron chi connectivity index (χ1n) is 8.20. The molecular weight excluding hydrogens is 304 g/mol. The molecule has 0 unspecified atom stereocenters. The lowest BCUT2D eigenvalue weighted by atomic mass is 10.0. The maximum absolute atomic E-state index is 12.5. The molecule has 1 amide bonds. The smallest absolute Gasteiger partial charge is 0.272 e. The van der Waals surface area contributed by atoms with Crippen LogP contribution >= 0.6 is 0 Å². The van der Waals surface area contributed by atoms with E-state index in [0.717, 1.165) is 5.69 Å². The highest BCUT2D eigenvalue weighted by Crippen LogP contribution is 2.19. The van der Waals surface area contributed by atoms with E-state index in [-0.39, 0.29) is 5.91 Å².